The molecule has 4 N–H and O–H groups in total. The lowest BCUT2D eigenvalue weighted by Crippen LogP contribution is -2.48. The molecule has 0 spiro atoms. The Hall–Kier alpha value is -1.13. The van der Waals surface area contributed by atoms with Gasteiger partial charge in [-0.15, -0.1) is 0 Å². The molecule has 0 unspecified atom stereocenters. The number of hydrogen-bond acceptors (Lipinski definition) is 4. The number of sulfonamides is 1. The lowest BCUT2D eigenvalue weighted by molar-refractivity contribution is -0.160. The molecule has 6 nitrogen and oxygen atoms in total. The second-order valence-electron chi connectivity index (χ2n) is 4.52. The molecule has 0 aliphatic heterocycles. The van der Waals surface area contributed by atoms with Gasteiger partial charge < -0.3 is 5.73 Å². The van der Waals surface area contributed by atoms with E-state index in [1.807, 2.05) is 0 Å². The molecule has 1 saturated carbocycles. The molecule has 0 saturated heterocycles. The van der Waals surface area contributed by atoms with Gasteiger partial charge in [-0.1, -0.05) is 0 Å². The molecule has 1 heterocycles. The fraction of sp³-hybridized carbons (Fsp3) is 0.667. The number of aryl methyl sites for hydroxylation is 1. The van der Waals surface area contributed by atoms with Gasteiger partial charge in [0.1, 0.15) is 5.54 Å². The van der Waals surface area contributed by atoms with Gasteiger partial charge in [0.15, 0.2) is 5.03 Å². The SMILES string of the molecule is Cc1[nH]nc(S(=O)(=O)NC2(C(F)(F)F)CC2)c1CN. The minimum absolute atomic E-state index is 0.127. The Morgan fingerprint density at radius 1 is 1.47 bits per heavy atom. The van der Waals surface area contributed by atoms with Crippen molar-refractivity contribution in [3.8, 4) is 0 Å². The van der Waals surface area contributed by atoms with Gasteiger partial charge >= 0.3 is 6.18 Å². The van der Waals surface area contributed by atoms with Crippen molar-refractivity contribution < 1.29 is 21.6 Å². The number of nitrogens with two attached hydrogens (primary N) is 1. The summed E-state index contributed by atoms with van der Waals surface area (Å²) in [5.41, 5.74) is 3.63. The van der Waals surface area contributed by atoms with Crippen LogP contribution in [0.1, 0.15) is 24.1 Å². The molecule has 1 aromatic rings. The zero-order valence-corrected chi connectivity index (χ0v) is 10.8. The van der Waals surface area contributed by atoms with E-state index in [4.69, 9.17) is 5.73 Å². The standard InChI is InChI=1S/C9H13F3N4O2S/c1-5-6(4-13)7(15-14-5)19(17,18)16-8(2-3-8)9(10,11)12/h16H,2-4,13H2,1H3,(H,14,15). The first-order valence-electron chi connectivity index (χ1n) is 5.47. The van der Waals surface area contributed by atoms with Crippen LogP contribution in [0.25, 0.3) is 0 Å². The van der Waals surface area contributed by atoms with E-state index < -0.39 is 26.8 Å². The number of rotatable bonds is 4. The number of hydrogen-bond donors (Lipinski definition) is 3. The Bertz CT molecular complexity index is 589. The second-order valence-corrected chi connectivity index (χ2v) is 6.12. The maximum Gasteiger partial charge on any atom is 0.407 e. The van der Waals surface area contributed by atoms with Crippen molar-refractivity contribution in [2.75, 3.05) is 0 Å². The monoisotopic (exact) mass is 298 g/mol. The molecule has 19 heavy (non-hydrogen) atoms. The average Bonchev–Trinajstić information content (AvgIpc) is 2.93. The molecule has 0 radical (unpaired) electrons. The van der Waals surface area contributed by atoms with Gasteiger partial charge in [0.05, 0.1) is 0 Å². The first kappa shape index (κ1) is 14.3. The molecule has 108 valence electrons. The van der Waals surface area contributed by atoms with Crippen molar-refractivity contribution in [1.29, 1.82) is 0 Å². The fourth-order valence-electron chi connectivity index (χ4n) is 1.77. The summed E-state index contributed by atoms with van der Waals surface area (Å²) in [6, 6.07) is 0. The van der Waals surface area contributed by atoms with Gasteiger partial charge in [-0.25, -0.2) is 8.42 Å². The number of aromatic amines is 1. The Morgan fingerprint density at radius 2 is 2.05 bits per heavy atom. The highest BCUT2D eigenvalue weighted by Crippen LogP contribution is 2.49. The minimum Gasteiger partial charge on any atom is -0.326 e. The maximum atomic E-state index is 12.7. The lowest BCUT2D eigenvalue weighted by atomic mass is 10.3. The van der Waals surface area contributed by atoms with Crippen LogP contribution in [0.4, 0.5) is 13.2 Å². The highest BCUT2D eigenvalue weighted by Gasteiger charge is 2.65. The fourth-order valence-corrected chi connectivity index (χ4v) is 3.42. The zero-order valence-electron chi connectivity index (χ0n) is 10.0. The number of nitrogens with one attached hydrogen (secondary N) is 2. The summed E-state index contributed by atoms with van der Waals surface area (Å²) in [6.07, 6.45) is -5.15. The number of H-pyrrole nitrogens is 1. The Balaban J connectivity index is 2.34. The molecule has 0 amide bonds. The average molecular weight is 298 g/mol. The van der Waals surface area contributed by atoms with Crippen LogP contribution in [0.15, 0.2) is 5.03 Å². The van der Waals surface area contributed by atoms with Crippen molar-refractivity contribution in [1.82, 2.24) is 14.9 Å². The molecule has 0 bridgehead atoms. The van der Waals surface area contributed by atoms with Crippen LogP contribution in [-0.4, -0.2) is 30.3 Å². The molecular weight excluding hydrogens is 285 g/mol. The third-order valence-electron chi connectivity index (χ3n) is 3.12. The summed E-state index contributed by atoms with van der Waals surface area (Å²) < 4.78 is 63.9. The van der Waals surface area contributed by atoms with Crippen LogP contribution in [0.3, 0.4) is 0 Å². The first-order chi connectivity index (χ1) is 8.63. The van der Waals surface area contributed by atoms with Crippen molar-refractivity contribution in [3.05, 3.63) is 11.3 Å². The molecule has 0 atom stereocenters. The summed E-state index contributed by atoms with van der Waals surface area (Å²) in [5.74, 6) is 0. The predicted octanol–water partition coefficient (Wildman–Crippen LogP) is 0.550. The number of alkyl halides is 3. The highest BCUT2D eigenvalue weighted by molar-refractivity contribution is 7.89. The second kappa shape index (κ2) is 4.18. The molecule has 1 aliphatic rings. The molecule has 0 aromatic carbocycles. The van der Waals surface area contributed by atoms with E-state index in [9.17, 15) is 21.6 Å². The topological polar surface area (TPSA) is 101 Å². The zero-order chi connectivity index (χ0) is 14.5. The van der Waals surface area contributed by atoms with E-state index in [0.717, 1.165) is 0 Å². The van der Waals surface area contributed by atoms with Crippen LogP contribution in [-0.2, 0) is 16.6 Å². The van der Waals surface area contributed by atoms with E-state index in [-0.39, 0.29) is 24.9 Å². The molecule has 1 aliphatic carbocycles. The third-order valence-corrected chi connectivity index (χ3v) is 4.62. The summed E-state index contributed by atoms with van der Waals surface area (Å²) in [6.45, 7) is 1.42. The van der Waals surface area contributed by atoms with E-state index in [1.165, 1.54) is 0 Å². The van der Waals surface area contributed by atoms with Crippen LogP contribution < -0.4 is 10.5 Å². The van der Waals surface area contributed by atoms with Gasteiger partial charge in [-0.3, -0.25) is 5.10 Å². The third kappa shape index (κ3) is 2.35. The molecule has 2 rings (SSSR count). The Morgan fingerprint density at radius 3 is 2.47 bits per heavy atom. The number of halogens is 3. The maximum absolute atomic E-state index is 12.7. The van der Waals surface area contributed by atoms with Crippen molar-refractivity contribution in [2.45, 2.75) is 43.1 Å². The van der Waals surface area contributed by atoms with E-state index in [0.29, 0.717) is 5.69 Å². The van der Waals surface area contributed by atoms with Gasteiger partial charge in [0.25, 0.3) is 10.0 Å². The van der Waals surface area contributed by atoms with Crippen LogP contribution in [0.2, 0.25) is 0 Å². The lowest BCUT2D eigenvalue weighted by Gasteiger charge is -2.20. The number of aromatic nitrogens is 2. The van der Waals surface area contributed by atoms with E-state index in [2.05, 4.69) is 10.2 Å². The quantitative estimate of drug-likeness (QED) is 0.755. The largest absolute Gasteiger partial charge is 0.407 e. The molecule has 1 fully saturated rings. The molecule has 10 heteroatoms. The highest BCUT2D eigenvalue weighted by atomic mass is 32.2. The van der Waals surface area contributed by atoms with Crippen LogP contribution in [0, 0.1) is 6.92 Å². The van der Waals surface area contributed by atoms with Crippen molar-refractivity contribution in [2.24, 2.45) is 5.73 Å². The van der Waals surface area contributed by atoms with E-state index >= 15 is 0 Å². The van der Waals surface area contributed by atoms with E-state index in [1.54, 1.807) is 11.6 Å². The normalized spacial score (nSPS) is 18.6. The molecular formula is C9H13F3N4O2S. The summed E-state index contributed by atoms with van der Waals surface area (Å²) in [7, 11) is -4.35. The van der Waals surface area contributed by atoms with Crippen molar-refractivity contribution >= 4 is 10.0 Å². The number of nitrogens with zero attached hydrogens (tertiary/aromatic N) is 1. The summed E-state index contributed by atoms with van der Waals surface area (Å²) >= 11 is 0. The predicted molar refractivity (Wildman–Crippen MR) is 59.6 cm³/mol. The van der Waals surface area contributed by atoms with Gasteiger partial charge in [0, 0.05) is 17.8 Å². The van der Waals surface area contributed by atoms with Crippen LogP contribution in [0.5, 0.6) is 0 Å². The summed E-state index contributed by atoms with van der Waals surface area (Å²) in [4.78, 5) is 0. The Kier molecular flexibility index (Phi) is 3.14. The Labute approximate surface area is 107 Å². The van der Waals surface area contributed by atoms with Gasteiger partial charge in [-0.05, 0) is 19.8 Å². The van der Waals surface area contributed by atoms with Gasteiger partial charge in [-0.2, -0.15) is 23.0 Å². The first-order valence-corrected chi connectivity index (χ1v) is 6.96. The minimum atomic E-state index is -4.62. The van der Waals surface area contributed by atoms with Crippen LogP contribution >= 0.6 is 0 Å². The summed E-state index contributed by atoms with van der Waals surface area (Å²) in [5, 5.41) is 5.47. The molecule has 1 aromatic heterocycles. The van der Waals surface area contributed by atoms with Crippen molar-refractivity contribution in [3.63, 3.8) is 0 Å². The van der Waals surface area contributed by atoms with Gasteiger partial charge in [0.2, 0.25) is 0 Å². The smallest absolute Gasteiger partial charge is 0.326 e.